The second kappa shape index (κ2) is 7.87. The van der Waals surface area contributed by atoms with E-state index in [0.717, 1.165) is 48.5 Å². The van der Waals surface area contributed by atoms with E-state index in [1.807, 2.05) is 25.3 Å². The molecule has 3 aromatic rings. The van der Waals surface area contributed by atoms with Gasteiger partial charge in [-0.2, -0.15) is 0 Å². The van der Waals surface area contributed by atoms with E-state index in [1.54, 1.807) is 11.3 Å². The van der Waals surface area contributed by atoms with Crippen molar-refractivity contribution in [3.8, 4) is 0 Å². The van der Waals surface area contributed by atoms with Crippen molar-refractivity contribution in [3.63, 3.8) is 0 Å². The zero-order chi connectivity index (χ0) is 19.7. The number of anilines is 1. The van der Waals surface area contributed by atoms with Crippen LogP contribution in [-0.4, -0.2) is 29.0 Å². The van der Waals surface area contributed by atoms with Gasteiger partial charge in [-0.25, -0.2) is 9.97 Å². The van der Waals surface area contributed by atoms with Crippen molar-refractivity contribution in [2.75, 3.05) is 18.0 Å². The summed E-state index contributed by atoms with van der Waals surface area (Å²) in [5, 5.41) is 6.32. The Morgan fingerprint density at radius 2 is 2.00 bits per heavy atom. The Morgan fingerprint density at radius 3 is 2.71 bits per heavy atom. The van der Waals surface area contributed by atoms with Crippen molar-refractivity contribution < 1.29 is 4.79 Å². The second-order valence-electron chi connectivity index (χ2n) is 7.64. The Morgan fingerprint density at radius 1 is 1.21 bits per heavy atom. The van der Waals surface area contributed by atoms with Crippen LogP contribution in [0.1, 0.15) is 41.9 Å². The van der Waals surface area contributed by atoms with Gasteiger partial charge >= 0.3 is 0 Å². The average molecular weight is 395 g/mol. The Kier molecular flexibility index (Phi) is 5.31. The zero-order valence-corrected chi connectivity index (χ0v) is 17.4. The van der Waals surface area contributed by atoms with Crippen LogP contribution in [-0.2, 0) is 4.79 Å². The summed E-state index contributed by atoms with van der Waals surface area (Å²) in [7, 11) is 0. The SMILES string of the molecule is Cc1ccc2c(C)nc(N3CCC(C(=O)NC(C)c4cccs4)CC3)nc2c1. The molecule has 5 nitrogen and oxygen atoms in total. The summed E-state index contributed by atoms with van der Waals surface area (Å²) in [5.41, 5.74) is 3.20. The third-order valence-electron chi connectivity index (χ3n) is 5.51. The fourth-order valence-electron chi connectivity index (χ4n) is 3.81. The number of carbonyl (C=O) groups is 1. The maximum absolute atomic E-state index is 12.7. The molecule has 1 N–H and O–H groups in total. The van der Waals surface area contributed by atoms with Crippen molar-refractivity contribution in [2.45, 2.75) is 39.7 Å². The number of aromatic nitrogens is 2. The number of fused-ring (bicyclic) bond motifs is 1. The lowest BCUT2D eigenvalue weighted by Crippen LogP contribution is -2.41. The molecule has 2 aromatic heterocycles. The number of benzene rings is 1. The van der Waals surface area contributed by atoms with Crippen molar-refractivity contribution in [3.05, 3.63) is 51.8 Å². The molecular formula is C22H26N4OS. The van der Waals surface area contributed by atoms with Crippen LogP contribution in [0.5, 0.6) is 0 Å². The lowest BCUT2D eigenvalue weighted by Gasteiger charge is -2.32. The second-order valence-corrected chi connectivity index (χ2v) is 8.62. The molecule has 4 rings (SSSR count). The number of nitrogens with zero attached hydrogens (tertiary/aromatic N) is 3. The van der Waals surface area contributed by atoms with Gasteiger partial charge in [-0.1, -0.05) is 18.2 Å². The van der Waals surface area contributed by atoms with Gasteiger partial charge in [-0.3, -0.25) is 4.79 Å². The van der Waals surface area contributed by atoms with E-state index < -0.39 is 0 Å². The Labute approximate surface area is 169 Å². The molecule has 0 bridgehead atoms. The number of carbonyl (C=O) groups excluding carboxylic acids is 1. The summed E-state index contributed by atoms with van der Waals surface area (Å²) in [6.45, 7) is 7.78. The highest BCUT2D eigenvalue weighted by molar-refractivity contribution is 7.10. The Bertz CT molecular complexity index is 978. The van der Waals surface area contributed by atoms with Gasteiger partial charge in [0.05, 0.1) is 17.3 Å². The minimum Gasteiger partial charge on any atom is -0.349 e. The zero-order valence-electron chi connectivity index (χ0n) is 16.6. The first-order valence-electron chi connectivity index (χ1n) is 9.85. The Hall–Kier alpha value is -2.47. The molecule has 1 aliphatic heterocycles. The van der Waals surface area contributed by atoms with Gasteiger partial charge in [0.1, 0.15) is 0 Å². The topological polar surface area (TPSA) is 58.1 Å². The quantitative estimate of drug-likeness (QED) is 0.712. The predicted molar refractivity (Wildman–Crippen MR) is 115 cm³/mol. The molecular weight excluding hydrogens is 368 g/mol. The smallest absolute Gasteiger partial charge is 0.226 e. The van der Waals surface area contributed by atoms with Gasteiger partial charge < -0.3 is 10.2 Å². The number of aryl methyl sites for hydroxylation is 2. The van der Waals surface area contributed by atoms with Crippen molar-refractivity contribution in [2.24, 2.45) is 5.92 Å². The number of amides is 1. The Balaban J connectivity index is 1.41. The molecule has 1 unspecified atom stereocenters. The lowest BCUT2D eigenvalue weighted by atomic mass is 9.95. The molecule has 3 heterocycles. The van der Waals surface area contributed by atoms with Gasteiger partial charge in [0.25, 0.3) is 0 Å². The molecule has 0 saturated carbocycles. The highest BCUT2D eigenvalue weighted by Crippen LogP contribution is 2.26. The minimum atomic E-state index is 0.0578. The number of rotatable bonds is 4. The van der Waals surface area contributed by atoms with Gasteiger partial charge in [0, 0.05) is 29.3 Å². The first-order chi connectivity index (χ1) is 13.5. The molecule has 146 valence electrons. The number of nitrogens with one attached hydrogen (secondary N) is 1. The molecule has 1 atom stereocenters. The van der Waals surface area contributed by atoms with Gasteiger partial charge in [-0.15, -0.1) is 11.3 Å². The van der Waals surface area contributed by atoms with Gasteiger partial charge in [-0.05, 0) is 56.7 Å². The number of piperidine rings is 1. The fourth-order valence-corrected chi connectivity index (χ4v) is 4.54. The summed E-state index contributed by atoms with van der Waals surface area (Å²) in [5.74, 6) is 0.996. The number of hydrogen-bond acceptors (Lipinski definition) is 5. The fraction of sp³-hybridized carbons (Fsp3) is 0.409. The first-order valence-corrected chi connectivity index (χ1v) is 10.7. The third-order valence-corrected chi connectivity index (χ3v) is 6.56. The van der Waals surface area contributed by atoms with E-state index >= 15 is 0 Å². The van der Waals surface area contributed by atoms with E-state index in [4.69, 9.17) is 9.97 Å². The van der Waals surface area contributed by atoms with Crippen molar-refractivity contribution in [1.82, 2.24) is 15.3 Å². The van der Waals surface area contributed by atoms with Gasteiger partial charge in [0.2, 0.25) is 11.9 Å². The van der Waals surface area contributed by atoms with E-state index in [1.165, 1.54) is 10.4 Å². The van der Waals surface area contributed by atoms with Crippen molar-refractivity contribution >= 4 is 34.1 Å². The maximum Gasteiger partial charge on any atom is 0.226 e. The molecule has 0 spiro atoms. The van der Waals surface area contributed by atoms with Crippen LogP contribution in [0.2, 0.25) is 0 Å². The largest absolute Gasteiger partial charge is 0.349 e. The van der Waals surface area contributed by atoms with Crippen LogP contribution < -0.4 is 10.2 Å². The van der Waals surface area contributed by atoms with Gasteiger partial charge in [0.15, 0.2) is 0 Å². The molecule has 1 fully saturated rings. The summed E-state index contributed by atoms with van der Waals surface area (Å²) >= 11 is 1.68. The first kappa shape index (κ1) is 18.9. The molecule has 1 aliphatic rings. The lowest BCUT2D eigenvalue weighted by molar-refractivity contribution is -0.126. The molecule has 0 aliphatic carbocycles. The third kappa shape index (κ3) is 3.87. The minimum absolute atomic E-state index is 0.0578. The highest BCUT2D eigenvalue weighted by Gasteiger charge is 2.27. The predicted octanol–water partition coefficient (Wildman–Crippen LogP) is 4.40. The molecule has 1 saturated heterocycles. The number of hydrogen-bond donors (Lipinski definition) is 1. The summed E-state index contributed by atoms with van der Waals surface area (Å²) < 4.78 is 0. The van der Waals surface area contributed by atoms with E-state index in [9.17, 15) is 4.79 Å². The molecule has 6 heteroatoms. The monoisotopic (exact) mass is 394 g/mol. The summed E-state index contributed by atoms with van der Waals surface area (Å²) in [6, 6.07) is 10.5. The summed E-state index contributed by atoms with van der Waals surface area (Å²) in [6.07, 6.45) is 1.66. The van der Waals surface area contributed by atoms with Crippen molar-refractivity contribution in [1.29, 1.82) is 0 Å². The van der Waals surface area contributed by atoms with E-state index in [2.05, 4.69) is 41.4 Å². The number of thiophene rings is 1. The van der Waals surface area contributed by atoms with E-state index in [0.29, 0.717) is 0 Å². The molecule has 28 heavy (non-hydrogen) atoms. The normalized spacial score (nSPS) is 16.3. The van der Waals surface area contributed by atoms with E-state index in [-0.39, 0.29) is 17.9 Å². The van der Waals surface area contributed by atoms with Crippen LogP contribution in [0, 0.1) is 19.8 Å². The average Bonchev–Trinajstić information content (AvgIpc) is 3.22. The highest BCUT2D eigenvalue weighted by atomic mass is 32.1. The molecule has 0 radical (unpaired) electrons. The van der Waals surface area contributed by atoms with Crippen LogP contribution in [0.3, 0.4) is 0 Å². The molecule has 1 amide bonds. The van der Waals surface area contributed by atoms with Crippen LogP contribution >= 0.6 is 11.3 Å². The maximum atomic E-state index is 12.7. The standard InChI is InChI=1S/C22H26N4OS/c1-14-6-7-18-15(2)24-22(25-19(18)13-14)26-10-8-17(9-11-26)21(27)23-16(3)20-5-4-12-28-20/h4-7,12-13,16-17H,8-11H2,1-3H3,(H,23,27). The summed E-state index contributed by atoms with van der Waals surface area (Å²) in [4.78, 5) is 25.6. The van der Waals surface area contributed by atoms with Crippen LogP contribution in [0.25, 0.3) is 10.9 Å². The van der Waals surface area contributed by atoms with Crippen LogP contribution in [0.15, 0.2) is 35.7 Å². The van der Waals surface area contributed by atoms with Crippen LogP contribution in [0.4, 0.5) is 5.95 Å². The molecule has 1 aromatic carbocycles.